The Balaban J connectivity index is 2.47. The van der Waals surface area contributed by atoms with Gasteiger partial charge in [-0.25, -0.2) is 8.42 Å². The fraction of sp³-hybridized carbons (Fsp3) is 0.333. The first-order chi connectivity index (χ1) is 10.6. The quantitative estimate of drug-likeness (QED) is 0.806. The van der Waals surface area contributed by atoms with Crippen molar-refractivity contribution in [3.05, 3.63) is 29.5 Å². The molecule has 0 saturated heterocycles. The van der Waals surface area contributed by atoms with E-state index in [0.717, 1.165) is 17.2 Å². The number of H-pyrrole nitrogens is 1. The van der Waals surface area contributed by atoms with E-state index in [1.54, 1.807) is 39.2 Å². The van der Waals surface area contributed by atoms with Gasteiger partial charge in [0, 0.05) is 10.9 Å². The lowest BCUT2D eigenvalue weighted by molar-refractivity contribution is 0.0912. The SMILES string of the molecule is Cc1cc2cc(C(=O)C(C#N)N(C)C)[nH]c2cc1NS(C)(=O)=O. The predicted octanol–water partition coefficient (Wildman–Crippen LogP) is 1.48. The monoisotopic (exact) mass is 334 g/mol. The molecule has 0 aliphatic carbocycles. The van der Waals surface area contributed by atoms with Gasteiger partial charge in [-0.1, -0.05) is 0 Å². The number of benzene rings is 1. The van der Waals surface area contributed by atoms with E-state index in [-0.39, 0.29) is 5.78 Å². The van der Waals surface area contributed by atoms with Crippen molar-refractivity contribution in [2.75, 3.05) is 25.1 Å². The standard InChI is InChI=1S/C15H18N4O3S/c1-9-5-10-6-13(15(20)14(8-16)19(2)3)17-12(10)7-11(9)18-23(4,21)22/h5-7,14,17-18H,1-4H3. The van der Waals surface area contributed by atoms with Crippen LogP contribution < -0.4 is 4.72 Å². The zero-order chi connectivity index (χ0) is 17.4. The highest BCUT2D eigenvalue weighted by Crippen LogP contribution is 2.25. The van der Waals surface area contributed by atoms with Gasteiger partial charge in [0.1, 0.15) is 0 Å². The molecule has 1 atom stereocenters. The van der Waals surface area contributed by atoms with Gasteiger partial charge in [-0.15, -0.1) is 0 Å². The molecule has 1 heterocycles. The zero-order valence-corrected chi connectivity index (χ0v) is 14.2. The second-order valence-corrected chi connectivity index (χ2v) is 7.42. The summed E-state index contributed by atoms with van der Waals surface area (Å²) in [5.41, 5.74) is 2.13. The minimum absolute atomic E-state index is 0.316. The average Bonchev–Trinajstić information content (AvgIpc) is 2.80. The third-order valence-corrected chi connectivity index (χ3v) is 4.00. The number of aromatic amines is 1. The van der Waals surface area contributed by atoms with Gasteiger partial charge in [-0.3, -0.25) is 14.4 Å². The molecule has 0 aliphatic heterocycles. The Labute approximate surface area is 135 Å². The number of Topliss-reactive ketones (excluding diaryl/α,β-unsaturated/α-hetero) is 1. The highest BCUT2D eigenvalue weighted by molar-refractivity contribution is 7.92. The minimum atomic E-state index is -3.39. The maximum Gasteiger partial charge on any atom is 0.229 e. The van der Waals surface area contributed by atoms with Crippen LogP contribution in [0.3, 0.4) is 0 Å². The van der Waals surface area contributed by atoms with Crippen LogP contribution >= 0.6 is 0 Å². The molecule has 0 aliphatic rings. The molecule has 2 N–H and O–H groups in total. The second-order valence-electron chi connectivity index (χ2n) is 5.67. The van der Waals surface area contributed by atoms with E-state index in [2.05, 4.69) is 9.71 Å². The Hall–Kier alpha value is -2.37. The number of fused-ring (bicyclic) bond motifs is 1. The highest BCUT2D eigenvalue weighted by Gasteiger charge is 2.23. The number of nitrogens with zero attached hydrogens (tertiary/aromatic N) is 2. The number of anilines is 1. The molecular weight excluding hydrogens is 316 g/mol. The van der Waals surface area contributed by atoms with Gasteiger partial charge < -0.3 is 4.98 Å². The maximum atomic E-state index is 12.4. The summed E-state index contributed by atoms with van der Waals surface area (Å²) in [6.07, 6.45) is 1.08. The number of ketones is 1. The van der Waals surface area contributed by atoms with Gasteiger partial charge in [-0.05, 0) is 44.8 Å². The Kier molecular flexibility index (Phi) is 4.45. The first kappa shape index (κ1) is 17.0. The van der Waals surface area contributed by atoms with Crippen LogP contribution in [0.15, 0.2) is 18.2 Å². The number of aryl methyl sites for hydroxylation is 1. The summed E-state index contributed by atoms with van der Waals surface area (Å²) in [7, 11) is -0.0681. The number of carbonyl (C=O) groups excluding carboxylic acids is 1. The molecule has 2 aromatic rings. The van der Waals surface area contributed by atoms with Crippen molar-refractivity contribution in [2.45, 2.75) is 13.0 Å². The molecule has 23 heavy (non-hydrogen) atoms. The molecule has 7 nitrogen and oxygen atoms in total. The number of carbonyl (C=O) groups is 1. The number of hydrogen-bond acceptors (Lipinski definition) is 5. The summed E-state index contributed by atoms with van der Waals surface area (Å²) < 4.78 is 25.2. The van der Waals surface area contributed by atoms with Crippen molar-refractivity contribution in [3.63, 3.8) is 0 Å². The average molecular weight is 334 g/mol. The normalized spacial score (nSPS) is 13.0. The molecule has 122 valence electrons. The third kappa shape index (κ3) is 3.70. The Bertz CT molecular complexity index is 907. The van der Waals surface area contributed by atoms with Crippen molar-refractivity contribution < 1.29 is 13.2 Å². The number of sulfonamides is 1. The predicted molar refractivity (Wildman–Crippen MR) is 88.9 cm³/mol. The number of aromatic nitrogens is 1. The van der Waals surface area contributed by atoms with Crippen LogP contribution in [-0.4, -0.2) is 50.5 Å². The van der Waals surface area contributed by atoms with Crippen molar-refractivity contribution in [3.8, 4) is 6.07 Å². The van der Waals surface area contributed by atoms with Crippen LogP contribution in [-0.2, 0) is 10.0 Å². The maximum absolute atomic E-state index is 12.4. The van der Waals surface area contributed by atoms with E-state index in [1.165, 1.54) is 4.90 Å². The minimum Gasteiger partial charge on any atom is -0.352 e. The summed E-state index contributed by atoms with van der Waals surface area (Å²) >= 11 is 0. The summed E-state index contributed by atoms with van der Waals surface area (Å²) in [6.45, 7) is 1.78. The van der Waals surface area contributed by atoms with Gasteiger partial charge in [0.05, 0.1) is 23.7 Å². The summed E-state index contributed by atoms with van der Waals surface area (Å²) in [5.74, 6) is -0.330. The van der Waals surface area contributed by atoms with Gasteiger partial charge in [-0.2, -0.15) is 5.26 Å². The Morgan fingerprint density at radius 1 is 1.35 bits per heavy atom. The lowest BCUT2D eigenvalue weighted by Gasteiger charge is -2.14. The molecule has 0 amide bonds. The molecule has 1 aromatic carbocycles. The smallest absolute Gasteiger partial charge is 0.229 e. The summed E-state index contributed by atoms with van der Waals surface area (Å²) in [5, 5.41) is 9.89. The molecule has 1 aromatic heterocycles. The van der Waals surface area contributed by atoms with Crippen molar-refractivity contribution in [1.29, 1.82) is 5.26 Å². The molecule has 0 fully saturated rings. The summed E-state index contributed by atoms with van der Waals surface area (Å²) in [6, 6.07) is 6.18. The number of nitrogens with one attached hydrogen (secondary N) is 2. The molecule has 1 unspecified atom stereocenters. The molecule has 0 radical (unpaired) electrons. The van der Waals surface area contributed by atoms with Gasteiger partial charge in [0.25, 0.3) is 0 Å². The molecule has 0 bridgehead atoms. The molecule has 0 saturated carbocycles. The van der Waals surface area contributed by atoms with E-state index < -0.39 is 16.1 Å². The molecule has 2 rings (SSSR count). The van der Waals surface area contributed by atoms with Gasteiger partial charge in [0.2, 0.25) is 15.8 Å². The van der Waals surface area contributed by atoms with Crippen LogP contribution in [0.25, 0.3) is 10.9 Å². The van der Waals surface area contributed by atoms with Crippen LogP contribution in [0.2, 0.25) is 0 Å². The van der Waals surface area contributed by atoms with Gasteiger partial charge >= 0.3 is 0 Å². The first-order valence-electron chi connectivity index (χ1n) is 6.84. The van der Waals surface area contributed by atoms with E-state index in [0.29, 0.717) is 16.9 Å². The first-order valence-corrected chi connectivity index (χ1v) is 8.73. The van der Waals surface area contributed by atoms with Crippen LogP contribution in [0.1, 0.15) is 16.1 Å². The van der Waals surface area contributed by atoms with Crippen LogP contribution in [0.4, 0.5) is 5.69 Å². The highest BCUT2D eigenvalue weighted by atomic mass is 32.2. The van der Waals surface area contributed by atoms with E-state index in [1.807, 2.05) is 6.07 Å². The zero-order valence-electron chi connectivity index (χ0n) is 13.3. The van der Waals surface area contributed by atoms with Crippen molar-refractivity contribution in [2.24, 2.45) is 0 Å². The number of likely N-dealkylation sites (N-methyl/N-ethyl adjacent to an activating group) is 1. The van der Waals surface area contributed by atoms with Crippen molar-refractivity contribution in [1.82, 2.24) is 9.88 Å². The number of hydrogen-bond donors (Lipinski definition) is 2. The van der Waals surface area contributed by atoms with Gasteiger partial charge in [0.15, 0.2) is 6.04 Å². The molecule has 8 heteroatoms. The Morgan fingerprint density at radius 3 is 2.52 bits per heavy atom. The number of nitriles is 1. The lowest BCUT2D eigenvalue weighted by atomic mass is 10.1. The lowest BCUT2D eigenvalue weighted by Crippen LogP contribution is -2.34. The Morgan fingerprint density at radius 2 is 2.00 bits per heavy atom. The largest absolute Gasteiger partial charge is 0.352 e. The summed E-state index contributed by atoms with van der Waals surface area (Å²) in [4.78, 5) is 16.9. The topological polar surface area (TPSA) is 106 Å². The fourth-order valence-electron chi connectivity index (χ4n) is 2.29. The van der Waals surface area contributed by atoms with Crippen molar-refractivity contribution >= 4 is 32.4 Å². The molecular formula is C15H18N4O3S. The fourth-order valence-corrected chi connectivity index (χ4v) is 2.91. The van der Waals surface area contributed by atoms with E-state index >= 15 is 0 Å². The molecule has 0 spiro atoms. The second kappa shape index (κ2) is 6.02. The number of rotatable bonds is 5. The van der Waals surface area contributed by atoms with E-state index in [4.69, 9.17) is 5.26 Å². The third-order valence-electron chi connectivity index (χ3n) is 3.41. The van der Waals surface area contributed by atoms with Crippen LogP contribution in [0, 0.1) is 18.3 Å². The van der Waals surface area contributed by atoms with E-state index in [9.17, 15) is 13.2 Å². The van der Waals surface area contributed by atoms with Crippen LogP contribution in [0.5, 0.6) is 0 Å².